The number of piperidine rings is 1. The lowest BCUT2D eigenvalue weighted by molar-refractivity contribution is -0.132. The van der Waals surface area contributed by atoms with Crippen LogP contribution in [0.15, 0.2) is 30.3 Å². The second-order valence-corrected chi connectivity index (χ2v) is 5.75. The molecule has 128 valence electrons. The van der Waals surface area contributed by atoms with Crippen molar-refractivity contribution in [3.63, 3.8) is 0 Å². The molecule has 1 heterocycles. The molecule has 0 aromatic heterocycles. The minimum absolute atomic E-state index is 0. The Kier molecular flexibility index (Phi) is 8.06. The van der Waals surface area contributed by atoms with Crippen LogP contribution in [0.5, 0.6) is 0 Å². The zero-order valence-electron chi connectivity index (χ0n) is 13.8. The van der Waals surface area contributed by atoms with Crippen LogP contribution in [0.1, 0.15) is 29.6 Å². The van der Waals surface area contributed by atoms with Gasteiger partial charge in [-0.2, -0.15) is 0 Å². The average Bonchev–Trinajstić information content (AvgIpc) is 2.59. The predicted molar refractivity (Wildman–Crippen MR) is 93.9 cm³/mol. The van der Waals surface area contributed by atoms with E-state index < -0.39 is 0 Å². The van der Waals surface area contributed by atoms with E-state index >= 15 is 0 Å². The minimum Gasteiger partial charge on any atom is -0.343 e. The van der Waals surface area contributed by atoms with Gasteiger partial charge in [-0.25, -0.2) is 0 Å². The summed E-state index contributed by atoms with van der Waals surface area (Å²) in [5, 5.41) is 3.00. The van der Waals surface area contributed by atoms with Crippen molar-refractivity contribution in [2.24, 2.45) is 0 Å². The number of carbonyl (C=O) groups excluding carboxylic acids is 2. The second-order valence-electron chi connectivity index (χ2n) is 5.75. The summed E-state index contributed by atoms with van der Waals surface area (Å²) < 4.78 is 0. The highest BCUT2D eigenvalue weighted by atomic mass is 35.5. The number of carbonyl (C=O) groups is 2. The predicted octanol–water partition coefficient (Wildman–Crippen LogP) is 1.78. The number of amides is 2. The standard InChI is InChI=1S/C17H25N3O2.ClH/c1-18-11-8-16(21)19(2)15-9-12-20(13-10-15)17(22)14-6-4-3-5-7-14;/h3-7,15,18H,8-13H2,1-2H3;1H. The van der Waals surface area contributed by atoms with E-state index in [0.29, 0.717) is 26.1 Å². The Bertz CT molecular complexity index is 502. The van der Waals surface area contributed by atoms with Crippen LogP contribution in [0.3, 0.4) is 0 Å². The van der Waals surface area contributed by atoms with Gasteiger partial charge < -0.3 is 15.1 Å². The molecule has 2 amide bonds. The molecular weight excluding hydrogens is 314 g/mol. The Morgan fingerprint density at radius 2 is 1.83 bits per heavy atom. The SMILES string of the molecule is CNCCC(=O)N(C)C1CCN(C(=O)c2ccccc2)CC1.Cl. The van der Waals surface area contributed by atoms with Crippen LogP contribution in [0.25, 0.3) is 0 Å². The maximum absolute atomic E-state index is 12.4. The fraction of sp³-hybridized carbons (Fsp3) is 0.529. The molecule has 6 heteroatoms. The highest BCUT2D eigenvalue weighted by molar-refractivity contribution is 5.94. The maximum atomic E-state index is 12.4. The third-order valence-electron chi connectivity index (χ3n) is 4.30. The Labute approximate surface area is 144 Å². The molecule has 0 unspecified atom stereocenters. The fourth-order valence-electron chi connectivity index (χ4n) is 2.83. The molecule has 1 aliphatic heterocycles. The summed E-state index contributed by atoms with van der Waals surface area (Å²) in [6, 6.07) is 9.62. The molecule has 1 saturated heterocycles. The third kappa shape index (κ3) is 5.22. The summed E-state index contributed by atoms with van der Waals surface area (Å²) in [4.78, 5) is 28.2. The van der Waals surface area contributed by atoms with Crippen molar-refractivity contribution in [3.8, 4) is 0 Å². The molecule has 1 fully saturated rings. The fourth-order valence-corrected chi connectivity index (χ4v) is 2.83. The first-order chi connectivity index (χ1) is 10.6. The van der Waals surface area contributed by atoms with Gasteiger partial charge in [-0.15, -0.1) is 12.4 Å². The van der Waals surface area contributed by atoms with Crippen molar-refractivity contribution in [2.45, 2.75) is 25.3 Å². The van der Waals surface area contributed by atoms with Gasteiger partial charge in [-0.3, -0.25) is 9.59 Å². The molecule has 0 atom stereocenters. The van der Waals surface area contributed by atoms with Crippen LogP contribution >= 0.6 is 12.4 Å². The zero-order chi connectivity index (χ0) is 15.9. The Balaban J connectivity index is 0.00000264. The van der Waals surface area contributed by atoms with E-state index in [1.54, 1.807) is 0 Å². The lowest BCUT2D eigenvalue weighted by Gasteiger charge is -2.37. The molecule has 0 spiro atoms. The number of nitrogens with zero attached hydrogens (tertiary/aromatic N) is 2. The lowest BCUT2D eigenvalue weighted by atomic mass is 10.0. The zero-order valence-corrected chi connectivity index (χ0v) is 14.6. The summed E-state index contributed by atoms with van der Waals surface area (Å²) in [7, 11) is 3.72. The van der Waals surface area contributed by atoms with Crippen molar-refractivity contribution in [1.29, 1.82) is 0 Å². The lowest BCUT2D eigenvalue weighted by Crippen LogP contribution is -2.47. The van der Waals surface area contributed by atoms with Gasteiger partial charge in [0.2, 0.25) is 5.91 Å². The molecule has 0 radical (unpaired) electrons. The normalized spacial score (nSPS) is 15.0. The summed E-state index contributed by atoms with van der Waals surface area (Å²) >= 11 is 0. The monoisotopic (exact) mass is 339 g/mol. The number of hydrogen-bond donors (Lipinski definition) is 1. The van der Waals surface area contributed by atoms with E-state index in [1.165, 1.54) is 0 Å². The van der Waals surface area contributed by atoms with E-state index in [9.17, 15) is 9.59 Å². The average molecular weight is 340 g/mol. The molecule has 1 aliphatic rings. The highest BCUT2D eigenvalue weighted by Crippen LogP contribution is 2.18. The summed E-state index contributed by atoms with van der Waals surface area (Å²) in [6.07, 6.45) is 2.22. The van der Waals surface area contributed by atoms with Gasteiger partial charge in [0.25, 0.3) is 5.91 Å². The number of benzene rings is 1. The van der Waals surface area contributed by atoms with Gasteiger partial charge in [-0.05, 0) is 32.0 Å². The van der Waals surface area contributed by atoms with E-state index in [-0.39, 0.29) is 30.3 Å². The van der Waals surface area contributed by atoms with Crippen LogP contribution < -0.4 is 5.32 Å². The number of rotatable bonds is 5. The first kappa shape index (κ1) is 19.5. The van der Waals surface area contributed by atoms with Crippen molar-refractivity contribution in [3.05, 3.63) is 35.9 Å². The number of likely N-dealkylation sites (tertiary alicyclic amines) is 1. The van der Waals surface area contributed by atoms with E-state index in [4.69, 9.17) is 0 Å². The quantitative estimate of drug-likeness (QED) is 0.889. The first-order valence-electron chi connectivity index (χ1n) is 7.88. The van der Waals surface area contributed by atoms with Crippen LogP contribution in [-0.2, 0) is 4.79 Å². The molecule has 0 bridgehead atoms. The van der Waals surface area contributed by atoms with Gasteiger partial charge in [0.1, 0.15) is 0 Å². The summed E-state index contributed by atoms with van der Waals surface area (Å²) in [6.45, 7) is 2.12. The topological polar surface area (TPSA) is 52.7 Å². The van der Waals surface area contributed by atoms with E-state index in [2.05, 4.69) is 5.32 Å². The molecule has 0 saturated carbocycles. The van der Waals surface area contributed by atoms with Gasteiger partial charge in [0.15, 0.2) is 0 Å². The summed E-state index contributed by atoms with van der Waals surface area (Å²) in [5.41, 5.74) is 0.736. The van der Waals surface area contributed by atoms with Crippen LogP contribution in [0.4, 0.5) is 0 Å². The maximum Gasteiger partial charge on any atom is 0.253 e. The Morgan fingerprint density at radius 1 is 1.22 bits per heavy atom. The van der Waals surface area contributed by atoms with Crippen molar-refractivity contribution < 1.29 is 9.59 Å². The first-order valence-corrected chi connectivity index (χ1v) is 7.88. The van der Waals surface area contributed by atoms with Crippen LogP contribution in [0.2, 0.25) is 0 Å². The highest BCUT2D eigenvalue weighted by Gasteiger charge is 2.27. The van der Waals surface area contributed by atoms with Gasteiger partial charge >= 0.3 is 0 Å². The van der Waals surface area contributed by atoms with E-state index in [0.717, 1.165) is 18.4 Å². The molecule has 1 N–H and O–H groups in total. The van der Waals surface area contributed by atoms with Crippen molar-refractivity contribution >= 4 is 24.2 Å². The third-order valence-corrected chi connectivity index (χ3v) is 4.30. The van der Waals surface area contributed by atoms with E-state index in [1.807, 2.05) is 54.2 Å². The molecule has 1 aromatic carbocycles. The Hall–Kier alpha value is -1.59. The van der Waals surface area contributed by atoms with Crippen molar-refractivity contribution in [2.75, 3.05) is 33.7 Å². The van der Waals surface area contributed by atoms with Gasteiger partial charge in [0.05, 0.1) is 0 Å². The second kappa shape index (κ2) is 9.53. The molecule has 0 aliphatic carbocycles. The summed E-state index contributed by atoms with van der Waals surface area (Å²) in [5.74, 6) is 0.255. The molecule has 1 aromatic rings. The van der Waals surface area contributed by atoms with Crippen LogP contribution in [0, 0.1) is 0 Å². The number of nitrogens with one attached hydrogen (secondary N) is 1. The minimum atomic E-state index is 0. The smallest absolute Gasteiger partial charge is 0.253 e. The largest absolute Gasteiger partial charge is 0.343 e. The number of halogens is 1. The van der Waals surface area contributed by atoms with Crippen molar-refractivity contribution in [1.82, 2.24) is 15.1 Å². The van der Waals surface area contributed by atoms with Gasteiger partial charge in [0, 0.05) is 44.7 Å². The van der Waals surface area contributed by atoms with Gasteiger partial charge in [-0.1, -0.05) is 18.2 Å². The molecule has 5 nitrogen and oxygen atoms in total. The molecule has 2 rings (SSSR count). The molecular formula is C17H26ClN3O2. The number of hydrogen-bond acceptors (Lipinski definition) is 3. The molecule has 23 heavy (non-hydrogen) atoms. The Morgan fingerprint density at radius 3 is 2.39 bits per heavy atom. The van der Waals surface area contributed by atoms with Crippen LogP contribution in [-0.4, -0.2) is 61.4 Å².